The fraction of sp³-hybridized carbons (Fsp3) is 0.0984. The number of allylic oxidation sites excluding steroid dienone is 2. The molecule has 0 saturated heterocycles. The van der Waals surface area contributed by atoms with Crippen molar-refractivity contribution in [3.63, 3.8) is 0 Å². The van der Waals surface area contributed by atoms with Gasteiger partial charge in [0, 0.05) is 0 Å². The number of rotatable bonds is 5. The molecule has 408 valence electrons. The fourth-order valence-electron chi connectivity index (χ4n) is 11.5. The van der Waals surface area contributed by atoms with Gasteiger partial charge in [-0.2, -0.15) is 0 Å². The molecule has 4 nitrogen and oxygen atoms in total. The summed E-state index contributed by atoms with van der Waals surface area (Å²) in [4.78, 5) is 10.7. The van der Waals surface area contributed by atoms with Gasteiger partial charge in [0.15, 0.2) is 0 Å². The van der Waals surface area contributed by atoms with E-state index < -0.39 is 163 Å². The molecule has 5 aromatic carbocycles. The van der Waals surface area contributed by atoms with Crippen molar-refractivity contribution in [3.8, 4) is 11.1 Å². The molecule has 0 atom stereocenters. The Balaban J connectivity index is 1.37. The van der Waals surface area contributed by atoms with Crippen LogP contribution in [0.2, 0.25) is 0 Å². The Hall–Kier alpha value is -8.48. The number of hydrogen-bond acceptors (Lipinski definition) is 1. The summed E-state index contributed by atoms with van der Waals surface area (Å²) in [6, 6.07) is 16.4. The second kappa shape index (κ2) is 18.8. The summed E-state index contributed by atoms with van der Waals surface area (Å²) in [5.74, 6) is -36.2. The summed E-state index contributed by atoms with van der Waals surface area (Å²) in [6.45, 7) is 11.0. The van der Waals surface area contributed by atoms with Crippen molar-refractivity contribution in [2.75, 3.05) is 0 Å². The molecule has 20 heteroatoms. The Morgan fingerprint density at radius 1 is 0.358 bits per heavy atom. The van der Waals surface area contributed by atoms with E-state index in [-0.39, 0.29) is 22.1 Å². The van der Waals surface area contributed by atoms with Crippen LogP contribution in [0, 0.1) is 129 Å². The van der Waals surface area contributed by atoms with Crippen LogP contribution in [0.1, 0.15) is 70.2 Å². The number of fused-ring (bicyclic) bond motifs is 6. The summed E-state index contributed by atoms with van der Waals surface area (Å²) >= 11 is -0.814. The van der Waals surface area contributed by atoms with Crippen LogP contribution < -0.4 is 16.0 Å². The number of aryl methyl sites for hydroxylation is 6. The average molecular weight is 1190 g/mol. The molecule has 0 spiro atoms. The van der Waals surface area contributed by atoms with Crippen LogP contribution in [-0.2, 0) is 0 Å². The fourth-order valence-corrected chi connectivity index (χ4v) is 13.9. The van der Waals surface area contributed by atoms with Crippen molar-refractivity contribution in [3.05, 3.63) is 258 Å². The first-order chi connectivity index (χ1) is 38.4. The van der Waals surface area contributed by atoms with Gasteiger partial charge in [0.05, 0.1) is 0 Å². The molecule has 5 aromatic heterocycles. The van der Waals surface area contributed by atoms with Crippen LogP contribution in [0.5, 0.6) is 0 Å². The average Bonchev–Trinajstić information content (AvgIpc) is 4.42. The number of hydrogen-bond donors (Lipinski definition) is 2. The molecule has 12 rings (SSSR count). The number of aromatic amines is 2. The monoisotopic (exact) mass is 1190 g/mol. The molecule has 10 aromatic rings. The van der Waals surface area contributed by atoms with E-state index in [9.17, 15) is 13.2 Å². The Morgan fingerprint density at radius 3 is 1.27 bits per heavy atom. The Bertz CT molecular complexity index is 4700. The quantitative estimate of drug-likeness (QED) is 0.0747. The number of aromatic nitrogens is 3. The van der Waals surface area contributed by atoms with Gasteiger partial charge in [-0.3, -0.25) is 0 Å². The molecular weight excluding hydrogens is 1150 g/mol. The number of H-pyrrole nitrogens is 2. The number of halogens is 15. The van der Waals surface area contributed by atoms with Crippen molar-refractivity contribution in [2.24, 2.45) is 4.99 Å². The molecule has 0 fully saturated rings. The van der Waals surface area contributed by atoms with Gasteiger partial charge >= 0.3 is 451 Å². The minimum atomic E-state index is -2.60. The molecule has 2 aliphatic rings. The molecule has 2 aliphatic heterocycles. The third-order valence-electron chi connectivity index (χ3n) is 14.7. The molecule has 0 unspecified atom stereocenters. The maximum atomic E-state index is 16.7. The van der Waals surface area contributed by atoms with Gasteiger partial charge in [-0.05, 0) is 0 Å². The second-order valence-corrected chi connectivity index (χ2v) is 22.1. The van der Waals surface area contributed by atoms with E-state index in [1.165, 1.54) is 18.2 Å². The first-order valence-corrected chi connectivity index (χ1v) is 26.1. The third-order valence-corrected chi connectivity index (χ3v) is 17.0. The van der Waals surface area contributed by atoms with E-state index in [4.69, 9.17) is 4.99 Å². The van der Waals surface area contributed by atoms with E-state index in [0.717, 1.165) is 50.9 Å². The number of nitrogens with zero attached hydrogens (tertiary/aromatic N) is 2. The summed E-state index contributed by atoms with van der Waals surface area (Å²) in [7, 11) is 0. The van der Waals surface area contributed by atoms with Gasteiger partial charge < -0.3 is 0 Å². The first-order valence-electron chi connectivity index (χ1n) is 24.4. The van der Waals surface area contributed by atoms with Crippen LogP contribution in [0.4, 0.5) is 65.9 Å². The van der Waals surface area contributed by atoms with Crippen molar-refractivity contribution >= 4 is 59.1 Å². The van der Waals surface area contributed by atoms with E-state index >= 15 is 52.7 Å². The molecule has 2 N–H and O–H groups in total. The van der Waals surface area contributed by atoms with Gasteiger partial charge in [-0.15, -0.1) is 0 Å². The Morgan fingerprint density at radius 2 is 0.778 bits per heavy atom. The zero-order valence-corrected chi connectivity index (χ0v) is 44.2. The van der Waals surface area contributed by atoms with Gasteiger partial charge in [-0.25, -0.2) is 4.39 Å². The molecule has 8 bridgehead atoms. The van der Waals surface area contributed by atoms with E-state index in [0.29, 0.717) is 42.3 Å². The van der Waals surface area contributed by atoms with E-state index in [1.807, 2.05) is 65.8 Å². The van der Waals surface area contributed by atoms with Gasteiger partial charge in [-0.1, -0.05) is 0 Å². The van der Waals surface area contributed by atoms with E-state index in [2.05, 4.69) is 9.97 Å². The van der Waals surface area contributed by atoms with Crippen LogP contribution in [0.15, 0.2) is 89.6 Å². The molecule has 7 heterocycles. The normalized spacial score (nSPS) is 13.6. The molecule has 0 aliphatic carbocycles. The summed E-state index contributed by atoms with van der Waals surface area (Å²) in [5, 5.41) is -1.13. The topological polar surface area (TPSA) is 48.3 Å². The molecule has 81 heavy (non-hydrogen) atoms. The van der Waals surface area contributed by atoms with Gasteiger partial charge in [0.1, 0.15) is 0 Å². The van der Waals surface area contributed by atoms with E-state index in [1.54, 1.807) is 12.1 Å². The zero-order chi connectivity index (χ0) is 57.8. The van der Waals surface area contributed by atoms with Crippen molar-refractivity contribution in [2.45, 2.75) is 41.5 Å². The predicted molar refractivity (Wildman–Crippen MR) is 275 cm³/mol. The Kier molecular flexibility index (Phi) is 12.3. The minimum absolute atomic E-state index is 0.126. The SMILES string of the molecule is Cc1cc(C)c(C2=C3C=CC(=N3)C(c3c(F)c(F)c(F)c(F)c3F)=c3ccc([nH]3)=C(c3c(F)c(F)c(F)c(F)c3F)c3ccc4c(-c5c(F)c(F)c(F)c(F)c5F)c5[nH]c(cc5n34)=C(c3c(C)cc(C)cc3C)c3ccc2[se]3)c(C)c1. The van der Waals surface area contributed by atoms with Crippen LogP contribution in [0.3, 0.4) is 0 Å². The molecule has 0 amide bonds. The zero-order valence-electron chi connectivity index (χ0n) is 42.5. The van der Waals surface area contributed by atoms with Crippen molar-refractivity contribution < 1.29 is 65.9 Å². The molecular formula is C61H33F15N4Se. The summed E-state index contributed by atoms with van der Waals surface area (Å²) in [6.07, 6.45) is 2.68. The van der Waals surface area contributed by atoms with Crippen LogP contribution >= 0.6 is 0 Å². The molecule has 0 radical (unpaired) electrons. The van der Waals surface area contributed by atoms with Gasteiger partial charge in [0.2, 0.25) is 0 Å². The standard InChI is InChI=1S/C61H33F15N4Se/c1-20-15-22(3)36(23(4)16-20)40-29-10-8-27(78-29)38(43-46(62)52(68)58(74)53(69)47(43)63)26-7-9-28(77-26)39(44-48(64)54(70)59(75)55(71)49(44)65)31-11-12-32-42(45-50(66)56(72)60(76)57(73)51(45)67)61-33(80(31)32)19-30(79-61)41(35-14-13-34(40)81-35)37-24(5)17-21(2)18-25(37)6/h7-19,77,79H,1-6H3. The predicted octanol–water partition coefficient (Wildman–Crippen LogP) is 13.6. The third kappa shape index (κ3) is 7.73. The number of benzene rings is 5. The van der Waals surface area contributed by atoms with Crippen molar-refractivity contribution in [1.82, 2.24) is 14.4 Å². The summed E-state index contributed by atoms with van der Waals surface area (Å²) < 4.78 is 239. The van der Waals surface area contributed by atoms with Gasteiger partial charge in [0.25, 0.3) is 0 Å². The number of aliphatic imine (C=N–C) groups is 1. The first kappa shape index (κ1) is 53.2. The second-order valence-electron chi connectivity index (χ2n) is 19.8. The number of nitrogens with one attached hydrogen (secondary N) is 2. The summed E-state index contributed by atoms with van der Waals surface area (Å²) in [5.41, 5.74) is -2.44. The Labute approximate surface area is 453 Å². The van der Waals surface area contributed by atoms with Crippen LogP contribution in [0.25, 0.3) is 50.0 Å². The van der Waals surface area contributed by atoms with Crippen molar-refractivity contribution in [1.29, 1.82) is 0 Å². The maximum absolute atomic E-state index is 16.7. The molecule has 0 saturated carbocycles. The van der Waals surface area contributed by atoms with Crippen LogP contribution in [-0.4, -0.2) is 34.6 Å².